The lowest BCUT2D eigenvalue weighted by molar-refractivity contribution is 0.0590. The van der Waals surface area contributed by atoms with Crippen molar-refractivity contribution in [2.45, 2.75) is 0 Å². The van der Waals surface area contributed by atoms with E-state index in [-0.39, 0.29) is 11.9 Å². The van der Waals surface area contributed by atoms with Crippen molar-refractivity contribution in [3.63, 3.8) is 0 Å². The largest absolute Gasteiger partial charge is 0.464 e. The van der Waals surface area contributed by atoms with Gasteiger partial charge in [0, 0.05) is 37.7 Å². The van der Waals surface area contributed by atoms with Gasteiger partial charge < -0.3 is 24.9 Å². The molecule has 1 aromatic carbocycles. The number of methoxy groups -OCH3 is 1. The van der Waals surface area contributed by atoms with Crippen molar-refractivity contribution in [3.05, 3.63) is 60.2 Å². The second-order valence-electron chi connectivity index (χ2n) is 6.02. The van der Waals surface area contributed by atoms with E-state index in [0.717, 1.165) is 11.1 Å². The number of anilines is 2. The Morgan fingerprint density at radius 1 is 0.962 bits per heavy atom. The second-order valence-corrected chi connectivity index (χ2v) is 6.02. The van der Waals surface area contributed by atoms with Crippen LogP contribution in [0.25, 0.3) is 11.1 Å². The van der Waals surface area contributed by atoms with Gasteiger partial charge in [0.25, 0.3) is 5.91 Å². The standard InChI is InChI=1S/C19H20N4O3/c1-22-10-13(8-17(22)19(25)26-3)12-4-6-15(7-5-12)21-18(24)16-9-14(20)11-23(16)2/h4-11H,20H2,1-3H3,(H,21,24). The molecule has 2 aromatic heterocycles. The first-order valence-corrected chi connectivity index (χ1v) is 7.97. The maximum Gasteiger partial charge on any atom is 0.354 e. The van der Waals surface area contributed by atoms with Crippen molar-refractivity contribution >= 4 is 23.3 Å². The highest BCUT2D eigenvalue weighted by Gasteiger charge is 2.14. The van der Waals surface area contributed by atoms with Crippen LogP contribution in [0.4, 0.5) is 11.4 Å². The van der Waals surface area contributed by atoms with Gasteiger partial charge in [-0.05, 0) is 29.8 Å². The van der Waals surface area contributed by atoms with E-state index in [1.165, 1.54) is 7.11 Å². The van der Waals surface area contributed by atoms with Gasteiger partial charge in [-0.1, -0.05) is 12.1 Å². The van der Waals surface area contributed by atoms with E-state index in [0.29, 0.717) is 22.8 Å². The molecule has 3 aromatic rings. The molecule has 0 spiro atoms. The van der Waals surface area contributed by atoms with Crippen LogP contribution in [-0.2, 0) is 18.8 Å². The van der Waals surface area contributed by atoms with E-state index in [9.17, 15) is 9.59 Å². The molecule has 134 valence electrons. The van der Waals surface area contributed by atoms with Gasteiger partial charge in [0.05, 0.1) is 12.8 Å². The molecule has 0 bridgehead atoms. The first-order chi connectivity index (χ1) is 12.4. The van der Waals surface area contributed by atoms with Gasteiger partial charge >= 0.3 is 5.97 Å². The van der Waals surface area contributed by atoms with Crippen LogP contribution < -0.4 is 11.1 Å². The minimum atomic E-state index is -0.385. The summed E-state index contributed by atoms with van der Waals surface area (Å²) in [5, 5.41) is 2.84. The van der Waals surface area contributed by atoms with E-state index < -0.39 is 0 Å². The summed E-state index contributed by atoms with van der Waals surface area (Å²) in [5.74, 6) is -0.617. The van der Waals surface area contributed by atoms with Gasteiger partial charge in [0.2, 0.25) is 0 Å². The Morgan fingerprint density at radius 2 is 1.62 bits per heavy atom. The number of aryl methyl sites for hydroxylation is 2. The predicted octanol–water partition coefficient (Wildman–Crippen LogP) is 2.65. The molecule has 0 atom stereocenters. The molecule has 26 heavy (non-hydrogen) atoms. The highest BCUT2D eigenvalue weighted by Crippen LogP contribution is 2.24. The Morgan fingerprint density at radius 3 is 2.19 bits per heavy atom. The number of esters is 1. The summed E-state index contributed by atoms with van der Waals surface area (Å²) in [5.41, 5.74) is 9.69. The molecule has 0 saturated heterocycles. The number of aromatic nitrogens is 2. The maximum absolute atomic E-state index is 12.3. The van der Waals surface area contributed by atoms with Crippen molar-refractivity contribution in [1.82, 2.24) is 9.13 Å². The molecule has 0 aliphatic rings. The molecular weight excluding hydrogens is 332 g/mol. The molecular formula is C19H20N4O3. The lowest BCUT2D eigenvalue weighted by atomic mass is 10.1. The van der Waals surface area contributed by atoms with Crippen LogP contribution in [-0.4, -0.2) is 28.1 Å². The Hall–Kier alpha value is -3.48. The number of nitrogens with one attached hydrogen (secondary N) is 1. The average Bonchev–Trinajstić information content (AvgIpc) is 3.17. The maximum atomic E-state index is 12.3. The zero-order valence-corrected chi connectivity index (χ0v) is 14.8. The van der Waals surface area contributed by atoms with Crippen molar-refractivity contribution in [2.24, 2.45) is 14.1 Å². The van der Waals surface area contributed by atoms with Crippen LogP contribution in [0.3, 0.4) is 0 Å². The minimum Gasteiger partial charge on any atom is -0.464 e. The number of carbonyl (C=O) groups excluding carboxylic acids is 2. The Bertz CT molecular complexity index is 967. The van der Waals surface area contributed by atoms with Crippen LogP contribution in [0, 0.1) is 0 Å². The number of hydrogen-bond donors (Lipinski definition) is 2. The summed E-state index contributed by atoms with van der Waals surface area (Å²) in [7, 11) is 4.91. The van der Waals surface area contributed by atoms with Gasteiger partial charge in [-0.15, -0.1) is 0 Å². The molecule has 7 nitrogen and oxygen atoms in total. The highest BCUT2D eigenvalue weighted by atomic mass is 16.5. The third-order valence-corrected chi connectivity index (χ3v) is 4.13. The fourth-order valence-electron chi connectivity index (χ4n) is 2.79. The molecule has 0 unspecified atom stereocenters. The van der Waals surface area contributed by atoms with Gasteiger partial charge in [-0.2, -0.15) is 0 Å². The summed E-state index contributed by atoms with van der Waals surface area (Å²) in [6.45, 7) is 0. The topological polar surface area (TPSA) is 91.3 Å². The van der Waals surface area contributed by atoms with E-state index in [1.54, 1.807) is 41.6 Å². The molecule has 3 N–H and O–H groups in total. The fourth-order valence-corrected chi connectivity index (χ4v) is 2.79. The van der Waals surface area contributed by atoms with Gasteiger partial charge in [0.1, 0.15) is 11.4 Å². The molecule has 0 aliphatic carbocycles. The summed E-state index contributed by atoms with van der Waals surface area (Å²) < 4.78 is 8.16. The number of nitrogens with zero attached hydrogens (tertiary/aromatic N) is 2. The molecule has 0 saturated carbocycles. The van der Waals surface area contributed by atoms with E-state index in [1.807, 2.05) is 30.5 Å². The zero-order valence-electron chi connectivity index (χ0n) is 14.8. The number of carbonyl (C=O) groups is 2. The van der Waals surface area contributed by atoms with Gasteiger partial charge in [-0.25, -0.2) is 4.79 Å². The predicted molar refractivity (Wildman–Crippen MR) is 100.0 cm³/mol. The lowest BCUT2D eigenvalue weighted by Gasteiger charge is -2.07. The molecule has 0 aliphatic heterocycles. The number of rotatable bonds is 4. The smallest absolute Gasteiger partial charge is 0.354 e. The number of hydrogen-bond acceptors (Lipinski definition) is 4. The fraction of sp³-hybridized carbons (Fsp3) is 0.158. The number of amides is 1. The first kappa shape index (κ1) is 17.3. The minimum absolute atomic E-state index is 0.232. The van der Waals surface area contributed by atoms with E-state index >= 15 is 0 Å². The first-order valence-electron chi connectivity index (χ1n) is 7.97. The SMILES string of the molecule is COC(=O)c1cc(-c2ccc(NC(=O)c3cc(N)cn3C)cc2)cn1C. The second kappa shape index (κ2) is 6.79. The molecule has 3 rings (SSSR count). The van der Waals surface area contributed by atoms with Gasteiger partial charge in [0.15, 0.2) is 0 Å². The Balaban J connectivity index is 1.78. The van der Waals surface area contributed by atoms with Crippen molar-refractivity contribution in [3.8, 4) is 11.1 Å². The molecule has 0 fully saturated rings. The number of nitrogens with two attached hydrogens (primary N) is 1. The van der Waals surface area contributed by atoms with Crippen molar-refractivity contribution in [1.29, 1.82) is 0 Å². The third-order valence-electron chi connectivity index (χ3n) is 4.13. The molecule has 2 heterocycles. The molecule has 1 amide bonds. The monoisotopic (exact) mass is 352 g/mol. The van der Waals surface area contributed by atoms with Crippen molar-refractivity contribution in [2.75, 3.05) is 18.2 Å². The van der Waals surface area contributed by atoms with Gasteiger partial charge in [-0.3, -0.25) is 4.79 Å². The highest BCUT2D eigenvalue weighted by molar-refractivity contribution is 6.04. The van der Waals surface area contributed by atoms with Crippen molar-refractivity contribution < 1.29 is 14.3 Å². The average molecular weight is 352 g/mol. The summed E-state index contributed by atoms with van der Waals surface area (Å²) >= 11 is 0. The third kappa shape index (κ3) is 3.32. The van der Waals surface area contributed by atoms with E-state index in [2.05, 4.69) is 5.32 Å². The summed E-state index contributed by atoms with van der Waals surface area (Å²) in [4.78, 5) is 24.0. The summed E-state index contributed by atoms with van der Waals surface area (Å²) in [6, 6.07) is 10.8. The van der Waals surface area contributed by atoms with E-state index in [4.69, 9.17) is 10.5 Å². The van der Waals surface area contributed by atoms with Crippen LogP contribution in [0.2, 0.25) is 0 Å². The number of nitrogen functional groups attached to an aromatic ring is 1. The number of ether oxygens (including phenoxy) is 1. The van der Waals surface area contributed by atoms with Crippen LogP contribution in [0.1, 0.15) is 21.0 Å². The lowest BCUT2D eigenvalue weighted by Crippen LogP contribution is -2.15. The van der Waals surface area contributed by atoms with Crippen LogP contribution in [0.15, 0.2) is 48.8 Å². The van der Waals surface area contributed by atoms with Crippen LogP contribution >= 0.6 is 0 Å². The Kier molecular flexibility index (Phi) is 4.53. The normalized spacial score (nSPS) is 10.6. The Labute approximate surface area is 151 Å². The van der Waals surface area contributed by atoms with Crippen LogP contribution in [0.5, 0.6) is 0 Å². The molecule has 0 radical (unpaired) electrons. The summed E-state index contributed by atoms with van der Waals surface area (Å²) in [6.07, 6.45) is 3.54. The number of benzene rings is 1. The quantitative estimate of drug-likeness (QED) is 0.706. The zero-order chi connectivity index (χ0) is 18.8. The molecule has 7 heteroatoms.